The van der Waals surface area contributed by atoms with Crippen molar-refractivity contribution >= 4 is 28.3 Å². The van der Waals surface area contributed by atoms with Crippen LogP contribution in [0.25, 0.3) is 10.8 Å². The monoisotopic (exact) mass is 366 g/mol. The Kier molecular flexibility index (Phi) is 5.51. The number of methoxy groups -OCH3 is 2. The zero-order chi connectivity index (χ0) is 19.2. The van der Waals surface area contributed by atoms with E-state index in [0.717, 1.165) is 5.39 Å². The van der Waals surface area contributed by atoms with Crippen LogP contribution in [0.5, 0.6) is 11.5 Å². The number of amides is 1. The molecule has 1 aromatic heterocycles. The third-order valence-corrected chi connectivity index (χ3v) is 3.84. The number of esters is 1. The van der Waals surface area contributed by atoms with Gasteiger partial charge in [-0.3, -0.25) is 4.79 Å². The lowest BCUT2D eigenvalue weighted by molar-refractivity contribution is -0.119. The predicted octanol–water partition coefficient (Wildman–Crippen LogP) is 3.05. The van der Waals surface area contributed by atoms with Gasteiger partial charge in [0.05, 0.1) is 14.2 Å². The van der Waals surface area contributed by atoms with Crippen molar-refractivity contribution in [1.82, 2.24) is 4.98 Å². The van der Waals surface area contributed by atoms with Gasteiger partial charge in [0.2, 0.25) is 0 Å². The third-order valence-electron chi connectivity index (χ3n) is 3.84. The van der Waals surface area contributed by atoms with Gasteiger partial charge in [-0.25, -0.2) is 9.78 Å². The van der Waals surface area contributed by atoms with Crippen LogP contribution in [0, 0.1) is 0 Å². The van der Waals surface area contributed by atoms with Crippen LogP contribution in [0.3, 0.4) is 0 Å². The molecule has 0 unspecified atom stereocenters. The molecule has 0 saturated heterocycles. The molecule has 7 heteroatoms. The molecule has 0 atom stereocenters. The molecule has 1 heterocycles. The maximum absolute atomic E-state index is 12.3. The molecule has 7 nitrogen and oxygen atoms in total. The van der Waals surface area contributed by atoms with Crippen LogP contribution < -0.4 is 14.8 Å². The number of pyridine rings is 1. The van der Waals surface area contributed by atoms with Gasteiger partial charge in [-0.2, -0.15) is 0 Å². The number of benzene rings is 2. The van der Waals surface area contributed by atoms with Crippen LogP contribution in [0.2, 0.25) is 0 Å². The van der Waals surface area contributed by atoms with Crippen molar-refractivity contribution in [2.24, 2.45) is 0 Å². The van der Waals surface area contributed by atoms with Crippen LogP contribution in [-0.4, -0.2) is 37.7 Å². The van der Waals surface area contributed by atoms with Gasteiger partial charge in [-0.15, -0.1) is 0 Å². The number of hydrogen-bond acceptors (Lipinski definition) is 6. The molecule has 0 aliphatic heterocycles. The molecule has 0 spiro atoms. The molecule has 1 N–H and O–H groups in total. The van der Waals surface area contributed by atoms with Crippen LogP contribution in [-0.2, 0) is 9.53 Å². The minimum absolute atomic E-state index is 0.170. The molecule has 0 bridgehead atoms. The summed E-state index contributed by atoms with van der Waals surface area (Å²) in [5.74, 6) is -0.0905. The number of carbonyl (C=O) groups excluding carboxylic acids is 2. The molecule has 1 amide bonds. The number of aromatic nitrogens is 1. The number of anilines is 1. The number of fused-ring (bicyclic) bond motifs is 1. The first-order chi connectivity index (χ1) is 13.1. The molecule has 138 valence electrons. The van der Waals surface area contributed by atoms with E-state index < -0.39 is 18.5 Å². The highest BCUT2D eigenvalue weighted by Gasteiger charge is 2.15. The molecule has 0 aliphatic rings. The van der Waals surface area contributed by atoms with E-state index in [-0.39, 0.29) is 5.69 Å². The molecule has 0 aliphatic carbocycles. The summed E-state index contributed by atoms with van der Waals surface area (Å²) in [4.78, 5) is 28.5. The van der Waals surface area contributed by atoms with Gasteiger partial charge in [0.1, 0.15) is 11.5 Å². The zero-order valence-corrected chi connectivity index (χ0v) is 14.9. The second kappa shape index (κ2) is 8.18. The fourth-order valence-electron chi connectivity index (χ4n) is 2.56. The highest BCUT2D eigenvalue weighted by atomic mass is 16.5. The Morgan fingerprint density at radius 1 is 1.00 bits per heavy atom. The van der Waals surface area contributed by atoms with Gasteiger partial charge >= 0.3 is 5.97 Å². The quantitative estimate of drug-likeness (QED) is 0.675. The van der Waals surface area contributed by atoms with Crippen molar-refractivity contribution in [2.75, 3.05) is 26.1 Å². The summed E-state index contributed by atoms with van der Waals surface area (Å²) < 4.78 is 15.4. The van der Waals surface area contributed by atoms with E-state index in [1.54, 1.807) is 30.3 Å². The first-order valence-corrected chi connectivity index (χ1v) is 8.14. The van der Waals surface area contributed by atoms with Crippen molar-refractivity contribution in [2.45, 2.75) is 0 Å². The highest BCUT2D eigenvalue weighted by molar-refractivity contribution is 6.03. The molecule has 27 heavy (non-hydrogen) atoms. The van der Waals surface area contributed by atoms with E-state index in [1.165, 1.54) is 20.4 Å². The van der Waals surface area contributed by atoms with Crippen molar-refractivity contribution in [1.29, 1.82) is 0 Å². The van der Waals surface area contributed by atoms with E-state index >= 15 is 0 Å². The second-order valence-electron chi connectivity index (χ2n) is 5.61. The molecular weight excluding hydrogens is 348 g/mol. The van der Waals surface area contributed by atoms with Crippen LogP contribution in [0.1, 0.15) is 10.5 Å². The van der Waals surface area contributed by atoms with Crippen molar-refractivity contribution < 1.29 is 23.8 Å². The van der Waals surface area contributed by atoms with E-state index in [1.807, 2.05) is 18.2 Å². The maximum atomic E-state index is 12.3. The zero-order valence-electron chi connectivity index (χ0n) is 14.9. The van der Waals surface area contributed by atoms with Crippen molar-refractivity contribution in [3.63, 3.8) is 0 Å². The molecular formula is C20H18N2O5. The summed E-state index contributed by atoms with van der Waals surface area (Å²) in [5, 5.41) is 4.18. The number of carbonyl (C=O) groups is 2. The number of hydrogen-bond donors (Lipinski definition) is 1. The molecule has 0 radical (unpaired) electrons. The fraction of sp³-hybridized carbons (Fsp3) is 0.150. The average molecular weight is 366 g/mol. The van der Waals surface area contributed by atoms with Crippen LogP contribution in [0.15, 0.2) is 54.7 Å². The summed E-state index contributed by atoms with van der Waals surface area (Å²) in [5.41, 5.74) is 0.638. The molecule has 3 rings (SSSR count). The SMILES string of the molecule is COc1cc(NC(=O)COC(=O)c2nccc3ccccc23)cc(OC)c1. The highest BCUT2D eigenvalue weighted by Crippen LogP contribution is 2.25. The Morgan fingerprint density at radius 2 is 1.70 bits per heavy atom. The molecule has 0 fully saturated rings. The summed E-state index contributed by atoms with van der Waals surface area (Å²) >= 11 is 0. The van der Waals surface area contributed by atoms with Gasteiger partial charge < -0.3 is 19.5 Å². The topological polar surface area (TPSA) is 86.8 Å². The van der Waals surface area contributed by atoms with Gasteiger partial charge in [0.15, 0.2) is 12.3 Å². The Bertz CT molecular complexity index is 960. The minimum atomic E-state index is -0.662. The van der Waals surface area contributed by atoms with Gasteiger partial charge in [0, 0.05) is 35.5 Å². The second-order valence-corrected chi connectivity index (χ2v) is 5.61. The molecule has 0 saturated carbocycles. The Labute approximate surface area is 155 Å². The normalized spacial score (nSPS) is 10.3. The summed E-state index contributed by atoms with van der Waals surface area (Å²) in [6.45, 7) is -0.441. The Balaban J connectivity index is 1.66. The number of nitrogens with zero attached hydrogens (tertiary/aromatic N) is 1. The van der Waals surface area contributed by atoms with Gasteiger partial charge in [-0.1, -0.05) is 24.3 Å². The van der Waals surface area contributed by atoms with Crippen molar-refractivity contribution in [3.8, 4) is 11.5 Å². The maximum Gasteiger partial charge on any atom is 0.358 e. The number of nitrogens with one attached hydrogen (secondary N) is 1. The van der Waals surface area contributed by atoms with Crippen LogP contribution >= 0.6 is 0 Å². The first-order valence-electron chi connectivity index (χ1n) is 8.14. The standard InChI is InChI=1S/C20H18N2O5/c1-25-15-9-14(10-16(11-15)26-2)22-18(23)12-27-20(24)19-17-6-4-3-5-13(17)7-8-21-19/h3-11H,12H2,1-2H3,(H,22,23). The van der Waals surface area contributed by atoms with E-state index in [2.05, 4.69) is 10.3 Å². The fourth-order valence-corrected chi connectivity index (χ4v) is 2.56. The summed E-state index contributed by atoms with van der Waals surface area (Å²) in [6, 6.07) is 14.1. The van der Waals surface area contributed by atoms with Gasteiger partial charge in [-0.05, 0) is 11.5 Å². The van der Waals surface area contributed by atoms with Crippen LogP contribution in [0.4, 0.5) is 5.69 Å². The van der Waals surface area contributed by atoms with E-state index in [0.29, 0.717) is 22.6 Å². The average Bonchev–Trinajstić information content (AvgIpc) is 2.71. The lowest BCUT2D eigenvalue weighted by Crippen LogP contribution is -2.21. The Morgan fingerprint density at radius 3 is 2.41 bits per heavy atom. The third kappa shape index (κ3) is 4.33. The summed E-state index contributed by atoms with van der Waals surface area (Å²) in [7, 11) is 3.03. The largest absolute Gasteiger partial charge is 0.497 e. The number of ether oxygens (including phenoxy) is 3. The lowest BCUT2D eigenvalue weighted by Gasteiger charge is -2.10. The molecule has 3 aromatic rings. The summed E-state index contributed by atoms with van der Waals surface area (Å²) in [6.07, 6.45) is 1.53. The minimum Gasteiger partial charge on any atom is -0.497 e. The first kappa shape index (κ1) is 18.2. The van der Waals surface area contributed by atoms with Crippen molar-refractivity contribution in [3.05, 3.63) is 60.4 Å². The van der Waals surface area contributed by atoms with E-state index in [9.17, 15) is 9.59 Å². The molecule has 2 aromatic carbocycles. The lowest BCUT2D eigenvalue weighted by atomic mass is 10.1. The smallest absolute Gasteiger partial charge is 0.358 e. The predicted molar refractivity (Wildman–Crippen MR) is 100 cm³/mol. The van der Waals surface area contributed by atoms with Gasteiger partial charge in [0.25, 0.3) is 5.91 Å². The number of rotatable bonds is 6. The Hall–Kier alpha value is -3.61. The van der Waals surface area contributed by atoms with E-state index in [4.69, 9.17) is 14.2 Å².